The molecule has 0 aromatic rings. The van der Waals surface area contributed by atoms with E-state index in [2.05, 4.69) is 26.8 Å². The van der Waals surface area contributed by atoms with Crippen LogP contribution in [0.3, 0.4) is 0 Å². The van der Waals surface area contributed by atoms with Gasteiger partial charge in [0.05, 0.1) is 11.2 Å². The Morgan fingerprint density at radius 2 is 1.85 bits per heavy atom. The molecule has 0 unspecified atom stereocenters. The first-order chi connectivity index (χ1) is 15.4. The molecule has 0 spiro atoms. The number of fused-ring (bicyclic) bond motifs is 5. The second kappa shape index (κ2) is 9.25. The van der Waals surface area contributed by atoms with Crippen LogP contribution in [0.4, 0.5) is 0 Å². The van der Waals surface area contributed by atoms with Crippen molar-refractivity contribution in [2.24, 2.45) is 40.4 Å². The Balaban J connectivity index is 1.42. The number of aliphatic hydroxyl groups is 2. The number of methoxy groups -OCH3 is 1. The SMILES string of the molecule is COCCC[C@](C)(O)CC[C@@H](C)[C@H]1CC[C@H]2[C@@H]3CC=C4C[C@@](C)(O)CC[C@]4(C)[C@H]3CC[C@]12C. The second-order valence-corrected chi connectivity index (χ2v) is 13.8. The van der Waals surface area contributed by atoms with Gasteiger partial charge in [-0.3, -0.25) is 0 Å². The summed E-state index contributed by atoms with van der Waals surface area (Å²) in [5.74, 6) is 3.96. The zero-order chi connectivity index (χ0) is 24.1. The van der Waals surface area contributed by atoms with Gasteiger partial charge in [-0.15, -0.1) is 0 Å². The van der Waals surface area contributed by atoms with Gasteiger partial charge in [-0.05, 0) is 131 Å². The van der Waals surface area contributed by atoms with Crippen molar-refractivity contribution >= 4 is 0 Å². The third-order valence-electron chi connectivity index (χ3n) is 11.3. The molecular formula is C30H52O3. The van der Waals surface area contributed by atoms with Crippen LogP contribution >= 0.6 is 0 Å². The van der Waals surface area contributed by atoms with Crippen molar-refractivity contribution in [3.05, 3.63) is 11.6 Å². The van der Waals surface area contributed by atoms with E-state index in [4.69, 9.17) is 4.74 Å². The summed E-state index contributed by atoms with van der Waals surface area (Å²) < 4.78 is 5.18. The number of ether oxygens (including phenoxy) is 1. The van der Waals surface area contributed by atoms with Gasteiger partial charge in [0.25, 0.3) is 0 Å². The molecule has 3 heteroatoms. The summed E-state index contributed by atoms with van der Waals surface area (Å²) in [7, 11) is 1.74. The molecule has 9 atom stereocenters. The van der Waals surface area contributed by atoms with Crippen LogP contribution in [0.15, 0.2) is 11.6 Å². The zero-order valence-electron chi connectivity index (χ0n) is 22.5. The Kier molecular flexibility index (Phi) is 7.20. The van der Waals surface area contributed by atoms with Gasteiger partial charge in [0.1, 0.15) is 0 Å². The molecule has 3 fully saturated rings. The third kappa shape index (κ3) is 4.85. The fraction of sp³-hybridized carbons (Fsp3) is 0.933. The van der Waals surface area contributed by atoms with Crippen LogP contribution in [0.2, 0.25) is 0 Å². The lowest BCUT2D eigenvalue weighted by Crippen LogP contribution is -2.52. The maximum absolute atomic E-state index is 10.9. The molecule has 33 heavy (non-hydrogen) atoms. The number of hydrogen-bond donors (Lipinski definition) is 2. The highest BCUT2D eigenvalue weighted by Gasteiger charge is 2.59. The number of rotatable bonds is 8. The fourth-order valence-electron chi connectivity index (χ4n) is 9.24. The second-order valence-electron chi connectivity index (χ2n) is 13.8. The average molecular weight is 461 g/mol. The molecule has 2 N–H and O–H groups in total. The van der Waals surface area contributed by atoms with E-state index in [1.165, 1.54) is 32.1 Å². The summed E-state index contributed by atoms with van der Waals surface area (Å²) in [5, 5.41) is 21.6. The Morgan fingerprint density at radius 1 is 1.09 bits per heavy atom. The molecule has 0 bridgehead atoms. The molecule has 3 saturated carbocycles. The van der Waals surface area contributed by atoms with Crippen LogP contribution in [0.1, 0.15) is 112 Å². The quantitative estimate of drug-likeness (QED) is 0.306. The topological polar surface area (TPSA) is 49.7 Å². The summed E-state index contributed by atoms with van der Waals surface area (Å²) in [6.45, 7) is 12.4. The Hall–Kier alpha value is -0.380. The highest BCUT2D eigenvalue weighted by Crippen LogP contribution is 2.67. The van der Waals surface area contributed by atoms with Crippen molar-refractivity contribution in [3.8, 4) is 0 Å². The van der Waals surface area contributed by atoms with Crippen LogP contribution < -0.4 is 0 Å². The van der Waals surface area contributed by atoms with Crippen LogP contribution in [-0.4, -0.2) is 35.1 Å². The molecule has 0 heterocycles. The molecular weight excluding hydrogens is 408 g/mol. The monoisotopic (exact) mass is 460 g/mol. The molecule has 0 aromatic carbocycles. The van der Waals surface area contributed by atoms with E-state index in [1.807, 2.05) is 13.8 Å². The standard InChI is InChI=1S/C30H52O3/c1-21(12-15-27(2,31)14-7-19-33-6)24-10-11-25-23-9-8-22-20-28(3,32)17-18-29(22,4)26(23)13-16-30(24,25)5/h8,21,23-26,31-32H,7,9-20H2,1-6H3/t21-,23+,24-,25+,26+,27+,28+,29+,30-/m1/s1. The van der Waals surface area contributed by atoms with E-state index in [0.29, 0.717) is 16.7 Å². The first-order valence-corrected chi connectivity index (χ1v) is 14.1. The molecule has 3 nitrogen and oxygen atoms in total. The predicted octanol–water partition coefficient (Wildman–Crippen LogP) is 6.91. The minimum atomic E-state index is -0.565. The lowest BCUT2D eigenvalue weighted by atomic mass is 9.46. The first kappa shape index (κ1) is 25.7. The van der Waals surface area contributed by atoms with E-state index < -0.39 is 11.2 Å². The zero-order valence-corrected chi connectivity index (χ0v) is 22.5. The molecule has 4 aliphatic rings. The van der Waals surface area contributed by atoms with Gasteiger partial charge in [-0.25, -0.2) is 0 Å². The maximum atomic E-state index is 10.9. The van der Waals surface area contributed by atoms with Crippen LogP contribution in [-0.2, 0) is 4.74 Å². The Labute approximate surface area is 203 Å². The minimum absolute atomic E-state index is 0.317. The normalized spacial score (nSPS) is 45.4. The molecule has 4 aliphatic carbocycles. The molecule has 0 amide bonds. The van der Waals surface area contributed by atoms with Crippen molar-refractivity contribution in [1.29, 1.82) is 0 Å². The van der Waals surface area contributed by atoms with Crippen molar-refractivity contribution < 1.29 is 14.9 Å². The molecule has 0 radical (unpaired) electrons. The van der Waals surface area contributed by atoms with Crippen LogP contribution in [0.5, 0.6) is 0 Å². The van der Waals surface area contributed by atoms with Crippen molar-refractivity contribution in [2.45, 2.75) is 123 Å². The van der Waals surface area contributed by atoms with Crippen molar-refractivity contribution in [3.63, 3.8) is 0 Å². The average Bonchev–Trinajstić information content (AvgIpc) is 3.10. The molecule has 0 saturated heterocycles. The van der Waals surface area contributed by atoms with Gasteiger partial charge in [0.15, 0.2) is 0 Å². The van der Waals surface area contributed by atoms with Gasteiger partial charge in [-0.1, -0.05) is 32.4 Å². The highest BCUT2D eigenvalue weighted by atomic mass is 16.5. The molecule has 190 valence electrons. The maximum Gasteiger partial charge on any atom is 0.0657 e. The van der Waals surface area contributed by atoms with Crippen LogP contribution in [0, 0.1) is 40.4 Å². The van der Waals surface area contributed by atoms with E-state index in [0.717, 1.165) is 75.2 Å². The lowest BCUT2D eigenvalue weighted by molar-refractivity contribution is -0.0716. The van der Waals surface area contributed by atoms with Crippen molar-refractivity contribution in [2.75, 3.05) is 13.7 Å². The number of allylic oxidation sites excluding steroid dienone is 1. The lowest BCUT2D eigenvalue weighted by Gasteiger charge is -2.59. The summed E-state index contributed by atoms with van der Waals surface area (Å²) >= 11 is 0. The Morgan fingerprint density at radius 3 is 2.58 bits per heavy atom. The summed E-state index contributed by atoms with van der Waals surface area (Å²) in [5.41, 5.74) is 1.29. The molecule has 4 rings (SSSR count). The van der Waals surface area contributed by atoms with Gasteiger partial charge in [0, 0.05) is 13.7 Å². The first-order valence-electron chi connectivity index (χ1n) is 14.1. The summed E-state index contributed by atoms with van der Waals surface area (Å²) in [6.07, 6.45) is 16.1. The minimum Gasteiger partial charge on any atom is -0.390 e. The van der Waals surface area contributed by atoms with E-state index in [-0.39, 0.29) is 0 Å². The van der Waals surface area contributed by atoms with Crippen LogP contribution in [0.25, 0.3) is 0 Å². The highest BCUT2D eigenvalue weighted by molar-refractivity contribution is 5.26. The number of hydrogen-bond acceptors (Lipinski definition) is 3. The summed E-state index contributed by atoms with van der Waals surface area (Å²) in [4.78, 5) is 0. The van der Waals surface area contributed by atoms with E-state index >= 15 is 0 Å². The molecule has 0 aliphatic heterocycles. The Bertz CT molecular complexity index is 724. The van der Waals surface area contributed by atoms with E-state index in [9.17, 15) is 10.2 Å². The summed E-state index contributed by atoms with van der Waals surface area (Å²) in [6, 6.07) is 0. The van der Waals surface area contributed by atoms with Gasteiger partial charge in [-0.2, -0.15) is 0 Å². The third-order valence-corrected chi connectivity index (χ3v) is 11.3. The van der Waals surface area contributed by atoms with Crippen molar-refractivity contribution in [1.82, 2.24) is 0 Å². The van der Waals surface area contributed by atoms with Gasteiger partial charge >= 0.3 is 0 Å². The molecule has 0 aromatic heterocycles. The predicted molar refractivity (Wildman–Crippen MR) is 136 cm³/mol. The van der Waals surface area contributed by atoms with Gasteiger partial charge in [0.2, 0.25) is 0 Å². The van der Waals surface area contributed by atoms with E-state index in [1.54, 1.807) is 12.7 Å². The van der Waals surface area contributed by atoms with Gasteiger partial charge < -0.3 is 14.9 Å². The fourth-order valence-corrected chi connectivity index (χ4v) is 9.24. The smallest absolute Gasteiger partial charge is 0.0657 e. The largest absolute Gasteiger partial charge is 0.390 e.